The monoisotopic (exact) mass is 296 g/mol. The van der Waals surface area contributed by atoms with Crippen molar-refractivity contribution in [3.8, 4) is 0 Å². The molecule has 0 aliphatic heterocycles. The summed E-state index contributed by atoms with van der Waals surface area (Å²) in [5.41, 5.74) is 1.77. The van der Waals surface area contributed by atoms with E-state index in [2.05, 4.69) is 10.3 Å². The van der Waals surface area contributed by atoms with E-state index in [1.165, 1.54) is 0 Å². The number of halogens is 2. The van der Waals surface area contributed by atoms with Gasteiger partial charge in [-0.2, -0.15) is 0 Å². The van der Waals surface area contributed by atoms with Crippen LogP contribution in [0.2, 0.25) is 10.0 Å². The first kappa shape index (κ1) is 13.3. The number of hydrogen-bond donors (Lipinski definition) is 1. The lowest BCUT2D eigenvalue weighted by molar-refractivity contribution is 1.23. The van der Waals surface area contributed by atoms with Crippen LogP contribution in [0.15, 0.2) is 42.7 Å². The number of anilines is 1. The average Bonchev–Trinajstić information content (AvgIpc) is 2.36. The molecule has 1 heterocycles. The lowest BCUT2D eigenvalue weighted by Gasteiger charge is -2.10. The maximum Gasteiger partial charge on any atom is 0.0842 e. The van der Waals surface area contributed by atoms with E-state index in [1.54, 1.807) is 18.5 Å². The highest BCUT2D eigenvalue weighted by atomic mass is 35.5. The Morgan fingerprint density at radius 3 is 2.78 bits per heavy atom. The highest BCUT2D eigenvalue weighted by Crippen LogP contribution is 2.29. The summed E-state index contributed by atoms with van der Waals surface area (Å²) in [6, 6.07) is 9.25. The maximum absolute atomic E-state index is 6.07. The summed E-state index contributed by atoms with van der Waals surface area (Å²) in [7, 11) is 0. The van der Waals surface area contributed by atoms with Gasteiger partial charge in [-0.05, 0) is 23.8 Å². The number of hydrogen-bond acceptors (Lipinski definition) is 2. The summed E-state index contributed by atoms with van der Waals surface area (Å²) in [6.45, 7) is 0. The SMILES string of the molecule is S=C(Cc1cccnc1)Nc1cccc(Cl)c1Cl. The van der Waals surface area contributed by atoms with Crippen LogP contribution >= 0.6 is 35.4 Å². The van der Waals surface area contributed by atoms with Crippen LogP contribution < -0.4 is 5.32 Å². The fourth-order valence-electron chi connectivity index (χ4n) is 1.48. The van der Waals surface area contributed by atoms with Crippen LogP contribution in [0, 0.1) is 0 Å². The van der Waals surface area contributed by atoms with Crippen LogP contribution in [0.3, 0.4) is 0 Å². The predicted molar refractivity (Wildman–Crippen MR) is 80.6 cm³/mol. The van der Waals surface area contributed by atoms with E-state index < -0.39 is 0 Å². The Kier molecular flexibility index (Phi) is 4.53. The molecule has 2 nitrogen and oxygen atoms in total. The molecule has 1 aromatic carbocycles. The van der Waals surface area contributed by atoms with Gasteiger partial charge in [-0.3, -0.25) is 4.98 Å². The van der Waals surface area contributed by atoms with E-state index >= 15 is 0 Å². The van der Waals surface area contributed by atoms with Crippen LogP contribution in [0.1, 0.15) is 5.56 Å². The van der Waals surface area contributed by atoms with E-state index in [9.17, 15) is 0 Å². The molecule has 0 spiro atoms. The third-order valence-corrected chi connectivity index (χ3v) is 3.38. The molecule has 1 aromatic heterocycles. The molecule has 1 N–H and O–H groups in total. The number of nitrogens with zero attached hydrogens (tertiary/aromatic N) is 1. The van der Waals surface area contributed by atoms with Crippen molar-refractivity contribution in [1.29, 1.82) is 0 Å². The summed E-state index contributed by atoms with van der Waals surface area (Å²) < 4.78 is 0. The molecule has 0 fully saturated rings. The molecule has 2 rings (SSSR count). The van der Waals surface area contributed by atoms with Gasteiger partial charge in [-0.15, -0.1) is 0 Å². The van der Waals surface area contributed by atoms with Gasteiger partial charge in [0, 0.05) is 18.8 Å². The average molecular weight is 297 g/mol. The molecule has 0 atom stereocenters. The molecule has 0 aliphatic carbocycles. The lowest BCUT2D eigenvalue weighted by atomic mass is 10.2. The van der Waals surface area contributed by atoms with Gasteiger partial charge in [0.1, 0.15) is 0 Å². The van der Waals surface area contributed by atoms with Gasteiger partial charge in [-0.1, -0.05) is 47.6 Å². The second kappa shape index (κ2) is 6.14. The summed E-state index contributed by atoms with van der Waals surface area (Å²) in [5.74, 6) is 0. The minimum Gasteiger partial charge on any atom is -0.348 e. The van der Waals surface area contributed by atoms with Crippen LogP contribution in [0.5, 0.6) is 0 Å². The van der Waals surface area contributed by atoms with Crippen molar-refractivity contribution < 1.29 is 0 Å². The summed E-state index contributed by atoms with van der Waals surface area (Å²) >= 11 is 17.3. The number of nitrogens with one attached hydrogen (secondary N) is 1. The molecule has 0 saturated carbocycles. The van der Waals surface area contributed by atoms with Crippen LogP contribution in [0.4, 0.5) is 5.69 Å². The minimum absolute atomic E-state index is 0.479. The van der Waals surface area contributed by atoms with Crippen LogP contribution in [-0.4, -0.2) is 9.97 Å². The van der Waals surface area contributed by atoms with Gasteiger partial charge in [0.2, 0.25) is 0 Å². The number of aromatic nitrogens is 1. The number of pyridine rings is 1. The molecular weight excluding hydrogens is 287 g/mol. The number of rotatable bonds is 3. The molecule has 0 radical (unpaired) electrons. The fraction of sp³-hybridized carbons (Fsp3) is 0.0769. The molecule has 0 amide bonds. The Morgan fingerprint density at radius 1 is 1.22 bits per heavy atom. The zero-order chi connectivity index (χ0) is 13.0. The van der Waals surface area contributed by atoms with Crippen molar-refractivity contribution in [2.45, 2.75) is 6.42 Å². The van der Waals surface area contributed by atoms with Gasteiger partial charge in [0.05, 0.1) is 20.7 Å². The Bertz CT molecular complexity index is 558. The van der Waals surface area contributed by atoms with E-state index in [1.807, 2.05) is 24.3 Å². The first-order chi connectivity index (χ1) is 8.66. The highest BCUT2D eigenvalue weighted by molar-refractivity contribution is 7.80. The van der Waals surface area contributed by atoms with Crippen molar-refractivity contribution in [2.24, 2.45) is 0 Å². The second-order valence-corrected chi connectivity index (χ2v) is 4.97. The van der Waals surface area contributed by atoms with E-state index in [-0.39, 0.29) is 0 Å². The van der Waals surface area contributed by atoms with Crippen LogP contribution in [0.25, 0.3) is 0 Å². The first-order valence-electron chi connectivity index (χ1n) is 5.29. The molecule has 0 unspecified atom stereocenters. The van der Waals surface area contributed by atoms with Crippen LogP contribution in [-0.2, 0) is 6.42 Å². The summed E-state index contributed by atoms with van der Waals surface area (Å²) in [6.07, 6.45) is 4.13. The lowest BCUT2D eigenvalue weighted by Crippen LogP contribution is -2.12. The first-order valence-corrected chi connectivity index (χ1v) is 6.46. The topological polar surface area (TPSA) is 24.9 Å². The quantitative estimate of drug-likeness (QED) is 0.852. The van der Waals surface area contributed by atoms with E-state index in [0.717, 1.165) is 11.3 Å². The Balaban J connectivity index is 2.06. The molecular formula is C13H10Cl2N2S. The van der Waals surface area contributed by atoms with Crippen molar-refractivity contribution in [2.75, 3.05) is 5.32 Å². The van der Waals surface area contributed by atoms with Crippen molar-refractivity contribution in [1.82, 2.24) is 4.98 Å². The normalized spacial score (nSPS) is 10.1. The van der Waals surface area contributed by atoms with Crippen molar-refractivity contribution in [3.05, 3.63) is 58.3 Å². The minimum atomic E-state index is 0.479. The molecule has 18 heavy (non-hydrogen) atoms. The molecule has 0 bridgehead atoms. The molecule has 5 heteroatoms. The van der Waals surface area contributed by atoms with E-state index in [4.69, 9.17) is 35.4 Å². The zero-order valence-corrected chi connectivity index (χ0v) is 11.7. The van der Waals surface area contributed by atoms with Gasteiger partial charge in [-0.25, -0.2) is 0 Å². The second-order valence-electron chi connectivity index (χ2n) is 3.69. The Labute approximate surface area is 121 Å². The van der Waals surface area contributed by atoms with E-state index in [0.29, 0.717) is 21.5 Å². The Hall–Kier alpha value is -1.16. The summed E-state index contributed by atoms with van der Waals surface area (Å²) in [4.78, 5) is 4.72. The largest absolute Gasteiger partial charge is 0.348 e. The number of benzene rings is 1. The van der Waals surface area contributed by atoms with Gasteiger partial charge < -0.3 is 5.32 Å². The van der Waals surface area contributed by atoms with Gasteiger partial charge in [0.25, 0.3) is 0 Å². The smallest absolute Gasteiger partial charge is 0.0842 e. The Morgan fingerprint density at radius 2 is 2.06 bits per heavy atom. The van der Waals surface area contributed by atoms with Gasteiger partial charge in [0.15, 0.2) is 0 Å². The maximum atomic E-state index is 6.07. The predicted octanol–water partition coefficient (Wildman–Crippen LogP) is 4.37. The van der Waals surface area contributed by atoms with Gasteiger partial charge >= 0.3 is 0 Å². The molecule has 2 aromatic rings. The van der Waals surface area contributed by atoms with Crippen molar-refractivity contribution in [3.63, 3.8) is 0 Å². The van der Waals surface area contributed by atoms with Crippen molar-refractivity contribution >= 4 is 46.1 Å². The number of thiocarbonyl (C=S) groups is 1. The zero-order valence-electron chi connectivity index (χ0n) is 9.36. The molecule has 92 valence electrons. The molecule has 0 saturated heterocycles. The standard InChI is InChI=1S/C13H10Cl2N2S/c14-10-4-1-5-11(13(10)15)17-12(18)7-9-3-2-6-16-8-9/h1-6,8H,7H2,(H,17,18). The summed E-state index contributed by atoms with van der Waals surface area (Å²) in [5, 5.41) is 4.07. The third-order valence-electron chi connectivity index (χ3n) is 2.31. The fourth-order valence-corrected chi connectivity index (χ4v) is 2.11. The highest BCUT2D eigenvalue weighted by Gasteiger charge is 2.06. The third kappa shape index (κ3) is 3.42. The molecule has 0 aliphatic rings.